The molecule has 0 unspecified atom stereocenters. The predicted molar refractivity (Wildman–Crippen MR) is 89.4 cm³/mol. The van der Waals surface area contributed by atoms with E-state index < -0.39 is 36.6 Å². The fraction of sp³-hybridized carbons (Fsp3) is 1.00. The number of nitro groups is 1. The summed E-state index contributed by atoms with van der Waals surface area (Å²) in [6.45, 7) is 6.28. The summed E-state index contributed by atoms with van der Waals surface area (Å²) < 4.78 is 103. The van der Waals surface area contributed by atoms with E-state index in [9.17, 15) is 53.3 Å². The van der Waals surface area contributed by atoms with E-state index in [1.807, 2.05) is 0 Å². The molecular weight excluding hydrogens is 462 g/mol. The van der Waals surface area contributed by atoms with Gasteiger partial charge in [-0.05, 0) is 0 Å². The summed E-state index contributed by atoms with van der Waals surface area (Å²) in [6.07, 6.45) is 2.43. The van der Waals surface area contributed by atoms with E-state index in [1.54, 1.807) is 13.8 Å². The van der Waals surface area contributed by atoms with Crippen LogP contribution >= 0.6 is 0 Å². The van der Waals surface area contributed by atoms with Crippen molar-refractivity contribution in [3.8, 4) is 0 Å². The molecule has 176 valence electrons. The highest BCUT2D eigenvalue weighted by molar-refractivity contribution is 7.90. The lowest BCUT2D eigenvalue weighted by atomic mass is 10.1. The van der Waals surface area contributed by atoms with E-state index in [0.717, 1.165) is 17.6 Å². The Balaban J connectivity index is 0. The van der Waals surface area contributed by atoms with Gasteiger partial charge in [0.05, 0.1) is 20.1 Å². The summed E-state index contributed by atoms with van der Waals surface area (Å²) in [5.41, 5.74) is -11.4. The number of hydrogen-bond acceptors (Lipinski definition) is 6. The molecule has 10 nitrogen and oxygen atoms in total. The molecule has 0 atom stereocenters. The molecule has 1 saturated heterocycles. The summed E-state index contributed by atoms with van der Waals surface area (Å²) in [4.78, 5) is 10.6. The predicted octanol–water partition coefficient (Wildman–Crippen LogP) is 0.872. The van der Waals surface area contributed by atoms with Crippen LogP contribution in [0.2, 0.25) is 0 Å². The van der Waals surface area contributed by atoms with Crippen LogP contribution in [-0.4, -0.2) is 69.5 Å². The zero-order valence-electron chi connectivity index (χ0n) is 15.6. The average Bonchev–Trinajstić information content (AvgIpc) is 2.80. The van der Waals surface area contributed by atoms with Crippen molar-refractivity contribution in [2.24, 2.45) is 10.3 Å². The van der Waals surface area contributed by atoms with Gasteiger partial charge in [0, 0.05) is 31.6 Å². The van der Waals surface area contributed by atoms with Crippen LogP contribution in [-0.2, 0) is 20.0 Å². The van der Waals surface area contributed by atoms with E-state index in [2.05, 4.69) is 17.3 Å². The van der Waals surface area contributed by atoms with Crippen molar-refractivity contribution in [1.29, 1.82) is 0 Å². The molecule has 0 aromatic carbocycles. The Labute approximate surface area is 163 Å². The third kappa shape index (κ3) is 11.5. The smallest absolute Gasteiger partial charge is 0.320 e. The van der Waals surface area contributed by atoms with Gasteiger partial charge in [0.15, 0.2) is 0 Å². The number of nitrogens with two attached hydrogens (primary N) is 2. The van der Waals surface area contributed by atoms with Gasteiger partial charge in [-0.3, -0.25) is 10.1 Å². The molecule has 0 aromatic heterocycles. The topological polar surface area (TPSA) is 163 Å². The second kappa shape index (κ2) is 9.71. The Kier molecular flexibility index (Phi) is 10.0. The lowest BCUT2D eigenvalue weighted by molar-refractivity contribution is -0.913. The number of hydrogen-bond donors (Lipinski definition) is 2. The molecule has 18 heteroatoms. The van der Waals surface area contributed by atoms with Crippen LogP contribution in [0.25, 0.3) is 0 Å². The van der Waals surface area contributed by atoms with Gasteiger partial charge in [0.2, 0.25) is 0 Å². The molecular formula is C11H23F6N4O6S2+. The quantitative estimate of drug-likeness (QED) is 0.261. The number of sulfonamides is 2. The molecule has 1 rings (SSSR count). The molecule has 1 heterocycles. The second-order valence-electron chi connectivity index (χ2n) is 6.98. The molecule has 0 spiro atoms. The molecule has 29 heavy (non-hydrogen) atoms. The van der Waals surface area contributed by atoms with Crippen molar-refractivity contribution in [2.45, 2.75) is 43.2 Å². The molecule has 4 N–H and O–H groups in total. The first-order chi connectivity index (χ1) is 12.4. The Morgan fingerprint density at radius 3 is 1.31 bits per heavy atom. The van der Waals surface area contributed by atoms with Crippen LogP contribution in [0.15, 0.2) is 0 Å². The fourth-order valence-electron chi connectivity index (χ4n) is 2.25. The maximum Gasteiger partial charge on any atom is 0.511 e. The monoisotopic (exact) mass is 485 g/mol. The zero-order valence-corrected chi connectivity index (χ0v) is 17.3. The van der Waals surface area contributed by atoms with Crippen LogP contribution in [0.1, 0.15) is 26.7 Å². The zero-order chi connectivity index (χ0) is 24.1. The van der Waals surface area contributed by atoms with Gasteiger partial charge in [-0.1, -0.05) is 0 Å². The Bertz CT molecular complexity index is 716. The first-order valence-corrected chi connectivity index (χ1v) is 10.6. The maximum absolute atomic E-state index is 10.8. The van der Waals surface area contributed by atoms with Gasteiger partial charge in [-0.15, -0.1) is 0 Å². The number of rotatable bonds is 3. The normalized spacial score (nSPS) is 17.5. The summed E-state index contributed by atoms with van der Waals surface area (Å²) in [7, 11) is -8.56. The van der Waals surface area contributed by atoms with Crippen molar-refractivity contribution >= 4 is 20.0 Å². The van der Waals surface area contributed by atoms with Gasteiger partial charge < -0.3 is 4.48 Å². The van der Waals surface area contributed by atoms with Crippen molar-refractivity contribution in [1.82, 2.24) is 0 Å². The highest BCUT2D eigenvalue weighted by Crippen LogP contribution is 2.22. The number of likely N-dealkylation sites (N-methyl/N-ethyl adjacent to an activating group) is 1. The van der Waals surface area contributed by atoms with E-state index in [4.69, 9.17) is 0 Å². The minimum Gasteiger partial charge on any atom is -0.320 e. The number of quaternary nitrogens is 1. The Morgan fingerprint density at radius 2 is 1.14 bits per heavy atom. The first kappa shape index (κ1) is 30.0. The van der Waals surface area contributed by atoms with Crippen LogP contribution < -0.4 is 10.3 Å². The molecule has 0 bridgehead atoms. The van der Waals surface area contributed by atoms with Crippen molar-refractivity contribution in [3.63, 3.8) is 0 Å². The molecule has 0 aromatic rings. The number of likely N-dealkylation sites (tertiary alicyclic amines) is 1. The molecule has 0 radical (unpaired) electrons. The van der Waals surface area contributed by atoms with Crippen LogP contribution in [0, 0.1) is 10.1 Å². The lowest BCUT2D eigenvalue weighted by Crippen LogP contribution is -2.53. The number of primary sulfonamides is 2. The highest BCUT2D eigenvalue weighted by Gasteiger charge is 2.43. The Morgan fingerprint density at radius 1 is 0.897 bits per heavy atom. The Hall–Kier alpha value is -1.24. The van der Waals surface area contributed by atoms with Gasteiger partial charge in [-0.2, -0.15) is 26.3 Å². The molecule has 1 aliphatic heterocycles. The number of halogens is 6. The maximum atomic E-state index is 10.8. The van der Waals surface area contributed by atoms with Gasteiger partial charge in [0.1, 0.15) is 6.54 Å². The molecule has 0 aliphatic carbocycles. The van der Waals surface area contributed by atoms with Gasteiger partial charge in [0.25, 0.3) is 5.54 Å². The number of alkyl halides is 6. The first-order valence-electron chi connectivity index (χ1n) is 7.52. The van der Waals surface area contributed by atoms with Crippen molar-refractivity contribution < 1.29 is 52.6 Å². The van der Waals surface area contributed by atoms with Crippen molar-refractivity contribution in [3.05, 3.63) is 10.1 Å². The molecule has 0 saturated carbocycles. The van der Waals surface area contributed by atoms with Crippen LogP contribution in [0.3, 0.4) is 0 Å². The summed E-state index contributed by atoms with van der Waals surface area (Å²) in [5.74, 6) is 0. The van der Waals surface area contributed by atoms with E-state index in [0.29, 0.717) is 6.54 Å². The largest absolute Gasteiger partial charge is 0.511 e. The van der Waals surface area contributed by atoms with Gasteiger partial charge in [-0.25, -0.2) is 27.1 Å². The number of nitrogens with zero attached hydrogens (tertiary/aromatic N) is 2. The average molecular weight is 485 g/mol. The van der Waals surface area contributed by atoms with Crippen molar-refractivity contribution in [2.75, 3.05) is 26.7 Å². The minimum absolute atomic E-state index is 0.158. The van der Waals surface area contributed by atoms with E-state index in [1.165, 1.54) is 12.8 Å². The summed E-state index contributed by atoms with van der Waals surface area (Å²) in [6, 6.07) is 0. The fourth-order valence-corrected chi connectivity index (χ4v) is 2.25. The summed E-state index contributed by atoms with van der Waals surface area (Å²) in [5, 5.41) is 18.1. The molecule has 1 fully saturated rings. The third-order valence-electron chi connectivity index (χ3n) is 3.55. The molecule has 0 amide bonds. The van der Waals surface area contributed by atoms with Gasteiger partial charge >= 0.3 is 31.1 Å². The standard InChI is InChI=1S/C9H19N2O2.2CH2F3NO2S/c1-9(2,10(12)13)8-11(3)6-4-5-7-11;2*2-1(3,4)8(5,6)7/h4-8H2,1-3H3;2*(H2,5,6,7)/q+1;;. The third-order valence-corrected chi connectivity index (χ3v) is 4.84. The highest BCUT2D eigenvalue weighted by atomic mass is 32.2. The lowest BCUT2D eigenvalue weighted by Gasteiger charge is -2.32. The van der Waals surface area contributed by atoms with Crippen LogP contribution in [0.5, 0.6) is 0 Å². The summed E-state index contributed by atoms with van der Waals surface area (Å²) >= 11 is 0. The SMILES string of the molecule is CC(C)(C[N+]1(C)CCCC1)[N+](=O)[O-].NS(=O)(=O)C(F)(F)F.NS(=O)(=O)C(F)(F)F. The minimum atomic E-state index is -5.34. The van der Waals surface area contributed by atoms with Crippen LogP contribution in [0.4, 0.5) is 26.3 Å². The van der Waals surface area contributed by atoms with E-state index >= 15 is 0 Å². The second-order valence-corrected chi connectivity index (χ2v) is 10.1. The molecule has 1 aliphatic rings. The van der Waals surface area contributed by atoms with E-state index in [-0.39, 0.29) is 4.92 Å².